The predicted molar refractivity (Wildman–Crippen MR) is 70.3 cm³/mol. The standard InChI is InChI=1S/C13H24N4O/c1-4-6-14-10-13(5-7-18-11(13)2)8-12-9-17(3)16-15-12/h9,11,14H,4-8,10H2,1-3H3. The molecule has 2 unspecified atom stereocenters. The fourth-order valence-corrected chi connectivity index (χ4v) is 2.70. The number of aryl methyl sites for hydroxylation is 1. The minimum Gasteiger partial charge on any atom is -0.378 e. The minimum absolute atomic E-state index is 0.172. The second-order valence-electron chi connectivity index (χ2n) is 5.36. The van der Waals surface area contributed by atoms with Crippen LogP contribution in [0, 0.1) is 5.41 Å². The second-order valence-corrected chi connectivity index (χ2v) is 5.36. The molecule has 2 rings (SSSR count). The Balaban J connectivity index is 2.04. The molecule has 1 saturated heterocycles. The van der Waals surface area contributed by atoms with Crippen molar-refractivity contribution in [3.63, 3.8) is 0 Å². The Morgan fingerprint density at radius 1 is 1.61 bits per heavy atom. The quantitative estimate of drug-likeness (QED) is 0.772. The van der Waals surface area contributed by atoms with E-state index in [-0.39, 0.29) is 11.5 Å². The van der Waals surface area contributed by atoms with Crippen LogP contribution in [0.4, 0.5) is 0 Å². The molecule has 0 radical (unpaired) electrons. The van der Waals surface area contributed by atoms with E-state index < -0.39 is 0 Å². The average Bonchev–Trinajstić information content (AvgIpc) is 2.88. The zero-order chi connectivity index (χ0) is 13.0. The summed E-state index contributed by atoms with van der Waals surface area (Å²) in [6, 6.07) is 0. The van der Waals surface area contributed by atoms with Crippen molar-refractivity contribution < 1.29 is 4.74 Å². The molecule has 0 saturated carbocycles. The summed E-state index contributed by atoms with van der Waals surface area (Å²) < 4.78 is 7.55. The van der Waals surface area contributed by atoms with Crippen LogP contribution in [0.15, 0.2) is 6.20 Å². The van der Waals surface area contributed by atoms with Gasteiger partial charge >= 0.3 is 0 Å². The molecule has 18 heavy (non-hydrogen) atoms. The number of hydrogen-bond donors (Lipinski definition) is 1. The second kappa shape index (κ2) is 5.80. The van der Waals surface area contributed by atoms with Gasteiger partial charge in [-0.1, -0.05) is 12.1 Å². The predicted octanol–water partition coefficient (Wildman–Crippen LogP) is 1.15. The van der Waals surface area contributed by atoms with Crippen molar-refractivity contribution in [3.8, 4) is 0 Å². The largest absolute Gasteiger partial charge is 0.378 e. The van der Waals surface area contributed by atoms with E-state index in [0.29, 0.717) is 0 Å². The van der Waals surface area contributed by atoms with E-state index in [1.807, 2.05) is 13.2 Å². The zero-order valence-corrected chi connectivity index (χ0v) is 11.6. The Bertz CT molecular complexity index is 379. The highest BCUT2D eigenvalue weighted by Crippen LogP contribution is 2.37. The van der Waals surface area contributed by atoms with Crippen molar-refractivity contribution in [1.29, 1.82) is 0 Å². The summed E-state index contributed by atoms with van der Waals surface area (Å²) in [7, 11) is 1.91. The van der Waals surface area contributed by atoms with Crippen LogP contribution in [0.25, 0.3) is 0 Å². The first-order valence-electron chi connectivity index (χ1n) is 6.84. The normalized spacial score (nSPS) is 27.8. The lowest BCUT2D eigenvalue weighted by molar-refractivity contribution is 0.0626. The van der Waals surface area contributed by atoms with Crippen LogP contribution < -0.4 is 5.32 Å². The summed E-state index contributed by atoms with van der Waals surface area (Å²) in [4.78, 5) is 0. The van der Waals surface area contributed by atoms with Crippen LogP contribution >= 0.6 is 0 Å². The van der Waals surface area contributed by atoms with Gasteiger partial charge in [0.25, 0.3) is 0 Å². The van der Waals surface area contributed by atoms with Crippen LogP contribution in [0.1, 0.15) is 32.4 Å². The van der Waals surface area contributed by atoms with Crippen LogP contribution in [0.5, 0.6) is 0 Å². The van der Waals surface area contributed by atoms with Gasteiger partial charge in [0.05, 0.1) is 11.8 Å². The summed E-state index contributed by atoms with van der Waals surface area (Å²) in [5, 5.41) is 11.8. The van der Waals surface area contributed by atoms with Crippen molar-refractivity contribution in [1.82, 2.24) is 20.3 Å². The Hall–Kier alpha value is -0.940. The third kappa shape index (κ3) is 2.90. The molecule has 1 aromatic heterocycles. The molecule has 5 heteroatoms. The maximum atomic E-state index is 5.78. The topological polar surface area (TPSA) is 52.0 Å². The third-order valence-electron chi connectivity index (χ3n) is 3.92. The number of rotatable bonds is 6. The van der Waals surface area contributed by atoms with Crippen molar-refractivity contribution in [2.45, 2.75) is 39.2 Å². The summed E-state index contributed by atoms with van der Waals surface area (Å²) in [5.74, 6) is 0. The fourth-order valence-electron chi connectivity index (χ4n) is 2.70. The maximum absolute atomic E-state index is 5.78. The van der Waals surface area contributed by atoms with Crippen molar-refractivity contribution in [2.24, 2.45) is 12.5 Å². The molecule has 5 nitrogen and oxygen atoms in total. The molecule has 1 fully saturated rings. The van der Waals surface area contributed by atoms with Gasteiger partial charge < -0.3 is 10.1 Å². The van der Waals surface area contributed by atoms with Gasteiger partial charge in [-0.25, -0.2) is 0 Å². The van der Waals surface area contributed by atoms with Crippen LogP contribution in [-0.4, -0.2) is 40.8 Å². The number of nitrogens with one attached hydrogen (secondary N) is 1. The highest BCUT2D eigenvalue weighted by molar-refractivity contribution is 5.03. The fraction of sp³-hybridized carbons (Fsp3) is 0.846. The maximum Gasteiger partial charge on any atom is 0.0834 e. The highest BCUT2D eigenvalue weighted by atomic mass is 16.5. The molecule has 1 aliphatic rings. The van der Waals surface area contributed by atoms with Gasteiger partial charge in [-0.2, -0.15) is 0 Å². The van der Waals surface area contributed by atoms with E-state index in [1.54, 1.807) is 4.68 Å². The van der Waals surface area contributed by atoms with Crippen molar-refractivity contribution in [2.75, 3.05) is 19.7 Å². The Morgan fingerprint density at radius 2 is 2.44 bits per heavy atom. The van der Waals surface area contributed by atoms with Gasteiger partial charge in [-0.15, -0.1) is 5.10 Å². The lowest BCUT2D eigenvalue weighted by atomic mass is 9.77. The van der Waals surface area contributed by atoms with Crippen LogP contribution in [0.3, 0.4) is 0 Å². The van der Waals surface area contributed by atoms with Gasteiger partial charge in [-0.05, 0) is 26.3 Å². The Morgan fingerprint density at radius 3 is 3.00 bits per heavy atom. The first-order valence-corrected chi connectivity index (χ1v) is 6.84. The molecular formula is C13H24N4O. The minimum atomic E-state index is 0.172. The molecule has 1 aromatic rings. The van der Waals surface area contributed by atoms with Gasteiger partial charge in [0.1, 0.15) is 0 Å². The van der Waals surface area contributed by atoms with Gasteiger partial charge in [0, 0.05) is 38.2 Å². The Labute approximate surface area is 109 Å². The summed E-state index contributed by atoms with van der Waals surface area (Å²) in [6.07, 6.45) is 5.49. The van der Waals surface area contributed by atoms with E-state index >= 15 is 0 Å². The number of ether oxygens (including phenoxy) is 1. The van der Waals surface area contributed by atoms with Crippen LogP contribution in [-0.2, 0) is 18.2 Å². The first kappa shape index (κ1) is 13.5. The molecule has 1 aliphatic heterocycles. The molecule has 0 bridgehead atoms. The molecule has 0 spiro atoms. The van der Waals surface area contributed by atoms with Crippen molar-refractivity contribution >= 4 is 0 Å². The molecule has 2 atom stereocenters. The lowest BCUT2D eigenvalue weighted by Gasteiger charge is -2.31. The number of nitrogens with zero attached hydrogens (tertiary/aromatic N) is 3. The monoisotopic (exact) mass is 252 g/mol. The van der Waals surface area contributed by atoms with E-state index in [2.05, 4.69) is 29.5 Å². The van der Waals surface area contributed by atoms with E-state index in [0.717, 1.165) is 44.7 Å². The van der Waals surface area contributed by atoms with Gasteiger partial charge in [0.2, 0.25) is 0 Å². The van der Waals surface area contributed by atoms with Crippen LogP contribution in [0.2, 0.25) is 0 Å². The van der Waals surface area contributed by atoms with Crippen molar-refractivity contribution in [3.05, 3.63) is 11.9 Å². The summed E-state index contributed by atoms with van der Waals surface area (Å²) in [5.41, 5.74) is 1.23. The van der Waals surface area contributed by atoms with E-state index in [1.165, 1.54) is 0 Å². The summed E-state index contributed by atoms with van der Waals surface area (Å²) >= 11 is 0. The highest BCUT2D eigenvalue weighted by Gasteiger charge is 2.41. The molecule has 0 aliphatic carbocycles. The molecule has 0 aromatic carbocycles. The molecule has 102 valence electrons. The van der Waals surface area contributed by atoms with Gasteiger partial charge in [0.15, 0.2) is 0 Å². The molecule has 0 amide bonds. The lowest BCUT2D eigenvalue weighted by Crippen LogP contribution is -2.41. The third-order valence-corrected chi connectivity index (χ3v) is 3.92. The number of hydrogen-bond acceptors (Lipinski definition) is 4. The Kier molecular flexibility index (Phi) is 4.35. The van der Waals surface area contributed by atoms with E-state index in [4.69, 9.17) is 4.74 Å². The average molecular weight is 252 g/mol. The molecule has 1 N–H and O–H groups in total. The van der Waals surface area contributed by atoms with Gasteiger partial charge in [-0.3, -0.25) is 4.68 Å². The first-order chi connectivity index (χ1) is 8.66. The van der Waals surface area contributed by atoms with E-state index in [9.17, 15) is 0 Å². The smallest absolute Gasteiger partial charge is 0.0834 e. The molecule has 2 heterocycles. The summed E-state index contributed by atoms with van der Waals surface area (Å²) in [6.45, 7) is 7.29. The SMILES string of the molecule is CCCNCC1(Cc2cn(C)nn2)CCOC1C. The zero-order valence-electron chi connectivity index (χ0n) is 11.6. The molecular weight excluding hydrogens is 228 g/mol. The number of aromatic nitrogens is 3.